The van der Waals surface area contributed by atoms with Gasteiger partial charge in [0.2, 0.25) is 0 Å². The first kappa shape index (κ1) is 21.2. The second-order valence-electron chi connectivity index (χ2n) is 6.54. The molecule has 5 heteroatoms. The number of ether oxygens (including phenoxy) is 1. The van der Waals surface area contributed by atoms with E-state index in [1.54, 1.807) is 7.11 Å². The standard InChI is InChI=1S/C19H31N3O.HI/c1-4-19(11-7-8-12-19)15-22-18(20-2)21-13-16-9-5-6-10-17(16)14-23-3;/h5-6,9-10H,4,7-8,11-15H2,1-3H3,(H2,20,21,22);1H. The highest BCUT2D eigenvalue weighted by Crippen LogP contribution is 2.40. The van der Waals surface area contributed by atoms with Crippen LogP contribution < -0.4 is 10.6 Å². The van der Waals surface area contributed by atoms with Crippen molar-refractivity contribution in [2.45, 2.75) is 52.2 Å². The van der Waals surface area contributed by atoms with Crippen LogP contribution in [0.5, 0.6) is 0 Å². The van der Waals surface area contributed by atoms with E-state index in [-0.39, 0.29) is 24.0 Å². The van der Waals surface area contributed by atoms with Gasteiger partial charge in [-0.2, -0.15) is 0 Å². The number of guanidine groups is 1. The Bertz CT molecular complexity index is 513. The average molecular weight is 445 g/mol. The Kier molecular flexibility index (Phi) is 9.66. The average Bonchev–Trinajstić information content (AvgIpc) is 3.06. The number of methoxy groups -OCH3 is 1. The van der Waals surface area contributed by atoms with Crippen LogP contribution in [0.3, 0.4) is 0 Å². The Balaban J connectivity index is 0.00000288. The van der Waals surface area contributed by atoms with Crippen molar-refractivity contribution >= 4 is 29.9 Å². The summed E-state index contributed by atoms with van der Waals surface area (Å²) in [5.41, 5.74) is 2.94. The van der Waals surface area contributed by atoms with Crippen LogP contribution in [-0.2, 0) is 17.9 Å². The smallest absolute Gasteiger partial charge is 0.191 e. The lowest BCUT2D eigenvalue weighted by Gasteiger charge is -2.28. The van der Waals surface area contributed by atoms with Crippen molar-refractivity contribution in [3.63, 3.8) is 0 Å². The normalized spacial score (nSPS) is 16.5. The molecule has 1 aromatic rings. The highest BCUT2D eigenvalue weighted by atomic mass is 127. The molecule has 0 amide bonds. The maximum atomic E-state index is 5.27. The zero-order valence-corrected chi connectivity index (χ0v) is 17.6. The van der Waals surface area contributed by atoms with Crippen molar-refractivity contribution in [2.75, 3.05) is 20.7 Å². The van der Waals surface area contributed by atoms with Crippen molar-refractivity contribution in [3.05, 3.63) is 35.4 Å². The first-order chi connectivity index (χ1) is 11.2. The summed E-state index contributed by atoms with van der Waals surface area (Å²) in [4.78, 5) is 4.37. The van der Waals surface area contributed by atoms with Gasteiger partial charge in [-0.25, -0.2) is 0 Å². The molecular weight excluding hydrogens is 413 g/mol. The summed E-state index contributed by atoms with van der Waals surface area (Å²) in [6.45, 7) is 4.73. The van der Waals surface area contributed by atoms with Crippen LogP contribution in [0.15, 0.2) is 29.3 Å². The van der Waals surface area contributed by atoms with Crippen LogP contribution in [0, 0.1) is 5.41 Å². The fraction of sp³-hybridized carbons (Fsp3) is 0.632. The summed E-state index contributed by atoms with van der Waals surface area (Å²) >= 11 is 0. The summed E-state index contributed by atoms with van der Waals surface area (Å²) in [6.07, 6.45) is 6.65. The van der Waals surface area contributed by atoms with Crippen LogP contribution in [0.25, 0.3) is 0 Å². The number of rotatable bonds is 7. The van der Waals surface area contributed by atoms with Gasteiger partial charge in [-0.1, -0.05) is 44.0 Å². The number of benzene rings is 1. The first-order valence-corrected chi connectivity index (χ1v) is 8.73. The van der Waals surface area contributed by atoms with Crippen molar-refractivity contribution in [1.82, 2.24) is 10.6 Å². The van der Waals surface area contributed by atoms with Crippen LogP contribution in [0.4, 0.5) is 0 Å². The van der Waals surface area contributed by atoms with E-state index < -0.39 is 0 Å². The quantitative estimate of drug-likeness (QED) is 0.378. The number of halogens is 1. The molecule has 0 heterocycles. The maximum Gasteiger partial charge on any atom is 0.191 e. The van der Waals surface area contributed by atoms with Crippen LogP contribution in [-0.4, -0.2) is 26.7 Å². The van der Waals surface area contributed by atoms with E-state index in [4.69, 9.17) is 4.74 Å². The second kappa shape index (κ2) is 10.9. The van der Waals surface area contributed by atoms with Gasteiger partial charge in [0.05, 0.1) is 6.61 Å². The fourth-order valence-corrected chi connectivity index (χ4v) is 3.48. The van der Waals surface area contributed by atoms with Crippen molar-refractivity contribution in [2.24, 2.45) is 10.4 Å². The molecule has 0 saturated heterocycles. The van der Waals surface area contributed by atoms with Gasteiger partial charge in [-0.15, -0.1) is 24.0 Å². The first-order valence-electron chi connectivity index (χ1n) is 8.73. The molecule has 1 aromatic carbocycles. The summed E-state index contributed by atoms with van der Waals surface area (Å²) in [7, 11) is 3.57. The summed E-state index contributed by atoms with van der Waals surface area (Å²) in [5, 5.41) is 6.97. The second-order valence-corrected chi connectivity index (χ2v) is 6.54. The van der Waals surface area contributed by atoms with Crippen molar-refractivity contribution in [1.29, 1.82) is 0 Å². The van der Waals surface area contributed by atoms with Gasteiger partial charge in [-0.3, -0.25) is 4.99 Å². The van der Waals surface area contributed by atoms with E-state index in [0.717, 1.165) is 19.0 Å². The third kappa shape index (κ3) is 5.92. The molecule has 136 valence electrons. The van der Waals surface area contributed by atoms with E-state index in [1.807, 2.05) is 7.05 Å². The van der Waals surface area contributed by atoms with E-state index in [9.17, 15) is 0 Å². The third-order valence-electron chi connectivity index (χ3n) is 5.13. The minimum absolute atomic E-state index is 0. The van der Waals surface area contributed by atoms with Crippen molar-refractivity contribution in [3.8, 4) is 0 Å². The van der Waals surface area contributed by atoms with Gasteiger partial charge in [0, 0.05) is 27.2 Å². The molecule has 24 heavy (non-hydrogen) atoms. The number of nitrogens with zero attached hydrogens (tertiary/aromatic N) is 1. The molecule has 1 fully saturated rings. The molecule has 0 aliphatic heterocycles. The molecule has 1 aliphatic carbocycles. The van der Waals surface area contributed by atoms with Gasteiger partial charge in [-0.05, 0) is 35.8 Å². The Morgan fingerprint density at radius 3 is 2.42 bits per heavy atom. The predicted octanol–water partition coefficient (Wildman–Crippen LogP) is 4.09. The maximum absolute atomic E-state index is 5.27. The zero-order chi connectivity index (χ0) is 16.5. The molecule has 0 spiro atoms. The minimum Gasteiger partial charge on any atom is -0.380 e. The number of aliphatic imine (C=N–C) groups is 1. The topological polar surface area (TPSA) is 45.7 Å². The van der Waals surface area contributed by atoms with E-state index >= 15 is 0 Å². The predicted molar refractivity (Wildman–Crippen MR) is 112 cm³/mol. The lowest BCUT2D eigenvalue weighted by Crippen LogP contribution is -2.42. The minimum atomic E-state index is 0. The van der Waals surface area contributed by atoms with E-state index in [1.165, 1.54) is 43.2 Å². The number of hydrogen-bond acceptors (Lipinski definition) is 2. The molecule has 2 N–H and O–H groups in total. The van der Waals surface area contributed by atoms with Crippen LogP contribution in [0.1, 0.15) is 50.2 Å². The number of nitrogens with one attached hydrogen (secondary N) is 2. The van der Waals surface area contributed by atoms with Gasteiger partial charge < -0.3 is 15.4 Å². The number of hydrogen-bond donors (Lipinski definition) is 2. The van der Waals surface area contributed by atoms with E-state index in [2.05, 4.69) is 46.8 Å². The van der Waals surface area contributed by atoms with Crippen molar-refractivity contribution < 1.29 is 4.74 Å². The lowest BCUT2D eigenvalue weighted by molar-refractivity contribution is 0.184. The molecule has 0 aromatic heterocycles. The Hall–Kier alpha value is -0.820. The van der Waals surface area contributed by atoms with Crippen LogP contribution >= 0.6 is 24.0 Å². The largest absolute Gasteiger partial charge is 0.380 e. The molecule has 1 saturated carbocycles. The molecule has 0 unspecified atom stereocenters. The van der Waals surface area contributed by atoms with Gasteiger partial charge in [0.15, 0.2) is 5.96 Å². The zero-order valence-electron chi connectivity index (χ0n) is 15.2. The molecular formula is C19H32IN3O. The SMILES string of the molecule is CCC1(CNC(=NC)NCc2ccccc2COC)CCCC1.I. The summed E-state index contributed by atoms with van der Waals surface area (Å²) < 4.78 is 5.27. The third-order valence-corrected chi connectivity index (χ3v) is 5.13. The lowest BCUT2D eigenvalue weighted by atomic mass is 9.83. The molecule has 0 bridgehead atoms. The Morgan fingerprint density at radius 2 is 1.83 bits per heavy atom. The van der Waals surface area contributed by atoms with Gasteiger partial charge >= 0.3 is 0 Å². The Morgan fingerprint density at radius 1 is 1.17 bits per heavy atom. The molecule has 2 rings (SSSR count). The Labute approximate surface area is 163 Å². The van der Waals surface area contributed by atoms with Gasteiger partial charge in [0.25, 0.3) is 0 Å². The molecule has 1 aliphatic rings. The molecule has 0 atom stereocenters. The molecule has 0 radical (unpaired) electrons. The summed E-state index contributed by atoms with van der Waals surface area (Å²) in [6, 6.07) is 8.37. The fourth-order valence-electron chi connectivity index (χ4n) is 3.48. The van der Waals surface area contributed by atoms with E-state index in [0.29, 0.717) is 12.0 Å². The highest BCUT2D eigenvalue weighted by Gasteiger charge is 2.31. The summed E-state index contributed by atoms with van der Waals surface area (Å²) in [5.74, 6) is 0.886. The van der Waals surface area contributed by atoms with Crippen LogP contribution in [0.2, 0.25) is 0 Å². The highest BCUT2D eigenvalue weighted by molar-refractivity contribution is 14.0. The van der Waals surface area contributed by atoms with Gasteiger partial charge in [0.1, 0.15) is 0 Å². The monoisotopic (exact) mass is 445 g/mol. The molecule has 4 nitrogen and oxygen atoms in total.